The molecule has 1 saturated carbocycles. The van der Waals surface area contributed by atoms with E-state index in [0.29, 0.717) is 13.2 Å². The Morgan fingerprint density at radius 1 is 1.53 bits per heavy atom. The van der Waals surface area contributed by atoms with Crippen LogP contribution in [0.4, 0.5) is 0 Å². The van der Waals surface area contributed by atoms with Gasteiger partial charge in [0.05, 0.1) is 25.0 Å². The van der Waals surface area contributed by atoms with Gasteiger partial charge >= 0.3 is 11.9 Å². The number of cyclic esters (lactones) is 1. The molecule has 0 aromatic rings. The average Bonchev–Trinajstić information content (AvgIpc) is 2.60. The molecular weight excluding hydrogens is 196 g/mol. The number of esters is 2. The van der Waals surface area contributed by atoms with Gasteiger partial charge in [0.1, 0.15) is 0 Å². The maximum absolute atomic E-state index is 11.5. The maximum atomic E-state index is 11.5. The van der Waals surface area contributed by atoms with Crippen molar-refractivity contribution in [2.24, 2.45) is 17.8 Å². The SMILES string of the molecule is CCOC(=O)C1CCC2C(=O)OCC2C1. The predicted molar refractivity (Wildman–Crippen MR) is 51.9 cm³/mol. The Labute approximate surface area is 88.9 Å². The van der Waals surface area contributed by atoms with E-state index in [-0.39, 0.29) is 29.7 Å². The molecule has 2 fully saturated rings. The van der Waals surface area contributed by atoms with Crippen LogP contribution in [0.25, 0.3) is 0 Å². The number of hydrogen-bond acceptors (Lipinski definition) is 4. The van der Waals surface area contributed by atoms with Crippen LogP contribution in [0.5, 0.6) is 0 Å². The van der Waals surface area contributed by atoms with Crippen LogP contribution in [-0.2, 0) is 19.1 Å². The fraction of sp³-hybridized carbons (Fsp3) is 0.818. The number of ether oxygens (including phenoxy) is 2. The molecule has 3 atom stereocenters. The van der Waals surface area contributed by atoms with Crippen molar-refractivity contribution in [1.82, 2.24) is 0 Å². The van der Waals surface area contributed by atoms with E-state index in [1.54, 1.807) is 0 Å². The Kier molecular flexibility index (Phi) is 2.93. The van der Waals surface area contributed by atoms with Gasteiger partial charge in [0, 0.05) is 5.92 Å². The van der Waals surface area contributed by atoms with E-state index < -0.39 is 0 Å². The normalized spacial score (nSPS) is 34.5. The molecule has 0 N–H and O–H groups in total. The van der Waals surface area contributed by atoms with Crippen molar-refractivity contribution in [2.45, 2.75) is 26.2 Å². The summed E-state index contributed by atoms with van der Waals surface area (Å²) in [6.07, 6.45) is 2.28. The third kappa shape index (κ3) is 1.98. The smallest absolute Gasteiger partial charge is 0.309 e. The summed E-state index contributed by atoms with van der Waals surface area (Å²) in [5.74, 6) is 0.0506. The van der Waals surface area contributed by atoms with Crippen molar-refractivity contribution in [2.75, 3.05) is 13.2 Å². The number of rotatable bonds is 2. The van der Waals surface area contributed by atoms with Crippen molar-refractivity contribution in [3.8, 4) is 0 Å². The molecule has 1 aliphatic carbocycles. The summed E-state index contributed by atoms with van der Waals surface area (Å²) in [6, 6.07) is 0. The van der Waals surface area contributed by atoms with E-state index in [9.17, 15) is 9.59 Å². The zero-order valence-electron chi connectivity index (χ0n) is 8.90. The lowest BCUT2D eigenvalue weighted by molar-refractivity contribution is -0.151. The van der Waals surface area contributed by atoms with E-state index in [1.165, 1.54) is 0 Å². The van der Waals surface area contributed by atoms with Gasteiger partial charge in [0.15, 0.2) is 0 Å². The lowest BCUT2D eigenvalue weighted by Crippen LogP contribution is -2.30. The van der Waals surface area contributed by atoms with Crippen LogP contribution in [0.15, 0.2) is 0 Å². The molecule has 2 aliphatic rings. The minimum absolute atomic E-state index is 0.0271. The van der Waals surface area contributed by atoms with E-state index in [2.05, 4.69) is 0 Å². The Morgan fingerprint density at radius 2 is 2.33 bits per heavy atom. The third-order valence-electron chi connectivity index (χ3n) is 3.34. The Morgan fingerprint density at radius 3 is 3.07 bits per heavy atom. The quantitative estimate of drug-likeness (QED) is 0.644. The molecule has 2 rings (SSSR count). The zero-order chi connectivity index (χ0) is 10.8. The highest BCUT2D eigenvalue weighted by atomic mass is 16.5. The van der Waals surface area contributed by atoms with Crippen LogP contribution < -0.4 is 0 Å². The molecule has 15 heavy (non-hydrogen) atoms. The topological polar surface area (TPSA) is 52.6 Å². The molecule has 4 heteroatoms. The number of hydrogen-bond donors (Lipinski definition) is 0. The molecule has 4 nitrogen and oxygen atoms in total. The molecule has 0 bridgehead atoms. The van der Waals surface area contributed by atoms with Crippen molar-refractivity contribution in [3.63, 3.8) is 0 Å². The summed E-state index contributed by atoms with van der Waals surface area (Å²) >= 11 is 0. The second-order valence-corrected chi connectivity index (χ2v) is 4.26. The Bertz CT molecular complexity index is 274. The third-order valence-corrected chi connectivity index (χ3v) is 3.34. The highest BCUT2D eigenvalue weighted by molar-refractivity contribution is 5.77. The second kappa shape index (κ2) is 4.21. The van der Waals surface area contributed by atoms with Crippen LogP contribution in [0.2, 0.25) is 0 Å². The van der Waals surface area contributed by atoms with Crippen LogP contribution in [0.3, 0.4) is 0 Å². The van der Waals surface area contributed by atoms with Crippen molar-refractivity contribution in [3.05, 3.63) is 0 Å². The zero-order valence-corrected chi connectivity index (χ0v) is 8.90. The highest BCUT2D eigenvalue weighted by Gasteiger charge is 2.43. The van der Waals surface area contributed by atoms with E-state index >= 15 is 0 Å². The first kappa shape index (κ1) is 10.5. The van der Waals surface area contributed by atoms with Crippen molar-refractivity contribution < 1.29 is 19.1 Å². The molecule has 1 heterocycles. The monoisotopic (exact) mass is 212 g/mol. The fourth-order valence-electron chi connectivity index (χ4n) is 2.53. The lowest BCUT2D eigenvalue weighted by Gasteiger charge is -2.27. The average molecular weight is 212 g/mol. The van der Waals surface area contributed by atoms with Gasteiger partial charge < -0.3 is 9.47 Å². The molecule has 0 spiro atoms. The van der Waals surface area contributed by atoms with Gasteiger partial charge in [-0.3, -0.25) is 9.59 Å². The molecule has 1 saturated heterocycles. The summed E-state index contributed by atoms with van der Waals surface area (Å²) in [6.45, 7) is 2.73. The number of carbonyl (C=O) groups is 2. The summed E-state index contributed by atoms with van der Waals surface area (Å²) < 4.78 is 9.99. The molecule has 0 aromatic heterocycles. The number of fused-ring (bicyclic) bond motifs is 1. The second-order valence-electron chi connectivity index (χ2n) is 4.26. The molecular formula is C11H16O4. The fourth-order valence-corrected chi connectivity index (χ4v) is 2.53. The van der Waals surface area contributed by atoms with Gasteiger partial charge in [0.2, 0.25) is 0 Å². The first-order chi connectivity index (χ1) is 7.22. The molecule has 1 aliphatic heterocycles. The molecule has 84 valence electrons. The van der Waals surface area contributed by atoms with Crippen LogP contribution >= 0.6 is 0 Å². The van der Waals surface area contributed by atoms with Crippen molar-refractivity contribution in [1.29, 1.82) is 0 Å². The summed E-state index contributed by atoms with van der Waals surface area (Å²) in [4.78, 5) is 22.8. The Balaban J connectivity index is 1.93. The first-order valence-corrected chi connectivity index (χ1v) is 5.55. The van der Waals surface area contributed by atoms with Gasteiger partial charge in [0.25, 0.3) is 0 Å². The van der Waals surface area contributed by atoms with Crippen LogP contribution in [0, 0.1) is 17.8 Å². The van der Waals surface area contributed by atoms with Gasteiger partial charge in [-0.15, -0.1) is 0 Å². The minimum atomic E-state index is -0.115. The summed E-state index contributed by atoms with van der Waals surface area (Å²) in [5, 5.41) is 0. The summed E-state index contributed by atoms with van der Waals surface area (Å²) in [5.41, 5.74) is 0. The standard InChI is InChI=1S/C11H16O4/c1-2-14-10(12)7-3-4-9-8(5-7)6-15-11(9)13/h7-9H,2-6H2,1H3. The molecule has 0 aromatic carbocycles. The molecule has 3 unspecified atom stereocenters. The Hall–Kier alpha value is -1.06. The summed E-state index contributed by atoms with van der Waals surface area (Å²) in [7, 11) is 0. The van der Waals surface area contributed by atoms with Crippen LogP contribution in [0.1, 0.15) is 26.2 Å². The minimum Gasteiger partial charge on any atom is -0.466 e. The molecule has 0 radical (unpaired) electrons. The predicted octanol–water partition coefficient (Wildman–Crippen LogP) is 1.14. The van der Waals surface area contributed by atoms with E-state index in [4.69, 9.17) is 9.47 Å². The number of carbonyl (C=O) groups excluding carboxylic acids is 2. The lowest BCUT2D eigenvalue weighted by atomic mass is 9.75. The van der Waals surface area contributed by atoms with Gasteiger partial charge in [-0.1, -0.05) is 0 Å². The van der Waals surface area contributed by atoms with Gasteiger partial charge in [-0.25, -0.2) is 0 Å². The van der Waals surface area contributed by atoms with E-state index in [1.807, 2.05) is 6.92 Å². The molecule has 0 amide bonds. The van der Waals surface area contributed by atoms with Gasteiger partial charge in [-0.2, -0.15) is 0 Å². The maximum Gasteiger partial charge on any atom is 0.309 e. The van der Waals surface area contributed by atoms with Gasteiger partial charge in [-0.05, 0) is 26.2 Å². The van der Waals surface area contributed by atoms with E-state index in [0.717, 1.165) is 19.3 Å². The largest absolute Gasteiger partial charge is 0.466 e. The first-order valence-electron chi connectivity index (χ1n) is 5.55. The van der Waals surface area contributed by atoms with Crippen molar-refractivity contribution >= 4 is 11.9 Å². The highest BCUT2D eigenvalue weighted by Crippen LogP contribution is 2.38. The van der Waals surface area contributed by atoms with Crippen LogP contribution in [-0.4, -0.2) is 25.2 Å².